The zero-order valence-corrected chi connectivity index (χ0v) is 13.4. The Morgan fingerprint density at radius 1 is 1.19 bits per heavy atom. The Hall–Kier alpha value is -1.06. The number of hydrogen-bond acceptors (Lipinski definition) is 3. The summed E-state index contributed by atoms with van der Waals surface area (Å²) in [6.45, 7) is 6.54. The molecule has 1 heterocycles. The molecular formula is C18H30N2O. The SMILES string of the molecule is CC(CCN1CCCCCC1)Oc1cccc(CCN)c1. The van der Waals surface area contributed by atoms with Gasteiger partial charge in [-0.05, 0) is 69.9 Å². The van der Waals surface area contributed by atoms with Crippen molar-refractivity contribution in [3.63, 3.8) is 0 Å². The lowest BCUT2D eigenvalue weighted by Crippen LogP contribution is -2.29. The third-order valence-electron chi connectivity index (χ3n) is 4.22. The van der Waals surface area contributed by atoms with Gasteiger partial charge in [0.15, 0.2) is 0 Å². The van der Waals surface area contributed by atoms with Gasteiger partial charge < -0.3 is 15.4 Å². The van der Waals surface area contributed by atoms with E-state index in [1.54, 1.807) is 0 Å². The fraction of sp³-hybridized carbons (Fsp3) is 0.667. The molecule has 21 heavy (non-hydrogen) atoms. The largest absolute Gasteiger partial charge is 0.491 e. The Balaban J connectivity index is 1.75. The van der Waals surface area contributed by atoms with Crippen molar-refractivity contribution in [2.24, 2.45) is 5.73 Å². The summed E-state index contributed by atoms with van der Waals surface area (Å²) in [5.41, 5.74) is 6.87. The Bertz CT molecular complexity index is 400. The summed E-state index contributed by atoms with van der Waals surface area (Å²) in [5, 5.41) is 0. The highest BCUT2D eigenvalue weighted by Crippen LogP contribution is 2.17. The number of likely N-dealkylation sites (tertiary alicyclic amines) is 1. The van der Waals surface area contributed by atoms with Gasteiger partial charge in [0, 0.05) is 6.54 Å². The van der Waals surface area contributed by atoms with Crippen molar-refractivity contribution in [3.05, 3.63) is 29.8 Å². The molecular weight excluding hydrogens is 260 g/mol. The van der Waals surface area contributed by atoms with E-state index >= 15 is 0 Å². The standard InChI is InChI=1S/C18H30N2O/c1-16(10-14-20-12-4-2-3-5-13-20)21-18-8-6-7-17(15-18)9-11-19/h6-8,15-16H,2-5,9-14,19H2,1H3. The number of hydrogen-bond donors (Lipinski definition) is 1. The molecule has 0 saturated carbocycles. The van der Waals surface area contributed by atoms with Crippen LogP contribution in [0, 0.1) is 0 Å². The van der Waals surface area contributed by atoms with Gasteiger partial charge in [-0.1, -0.05) is 25.0 Å². The lowest BCUT2D eigenvalue weighted by atomic mass is 10.1. The van der Waals surface area contributed by atoms with E-state index in [1.165, 1.54) is 44.3 Å². The molecule has 2 rings (SSSR count). The third-order valence-corrected chi connectivity index (χ3v) is 4.22. The number of nitrogens with two attached hydrogens (primary N) is 1. The van der Waals surface area contributed by atoms with Gasteiger partial charge in [0.2, 0.25) is 0 Å². The second-order valence-electron chi connectivity index (χ2n) is 6.16. The van der Waals surface area contributed by atoms with E-state index in [4.69, 9.17) is 10.5 Å². The van der Waals surface area contributed by atoms with Crippen molar-refractivity contribution in [1.29, 1.82) is 0 Å². The van der Waals surface area contributed by atoms with Crippen molar-refractivity contribution < 1.29 is 4.74 Å². The van der Waals surface area contributed by atoms with Crippen LogP contribution in [0.25, 0.3) is 0 Å². The Morgan fingerprint density at radius 3 is 2.67 bits per heavy atom. The predicted molar refractivity (Wildman–Crippen MR) is 88.8 cm³/mol. The lowest BCUT2D eigenvalue weighted by molar-refractivity contribution is 0.178. The second kappa shape index (κ2) is 9.06. The highest BCUT2D eigenvalue weighted by Gasteiger charge is 2.11. The lowest BCUT2D eigenvalue weighted by Gasteiger charge is -2.22. The molecule has 0 bridgehead atoms. The van der Waals surface area contributed by atoms with Crippen LogP contribution < -0.4 is 10.5 Å². The number of benzene rings is 1. The first-order chi connectivity index (χ1) is 10.3. The molecule has 0 amide bonds. The summed E-state index contributed by atoms with van der Waals surface area (Å²) in [6.07, 6.45) is 7.79. The molecule has 1 atom stereocenters. The van der Waals surface area contributed by atoms with Crippen LogP contribution in [0.3, 0.4) is 0 Å². The molecule has 1 aliphatic rings. The van der Waals surface area contributed by atoms with Crippen LogP contribution in [-0.2, 0) is 6.42 Å². The molecule has 1 fully saturated rings. The smallest absolute Gasteiger partial charge is 0.119 e. The molecule has 118 valence electrons. The summed E-state index contributed by atoms with van der Waals surface area (Å²) in [4.78, 5) is 2.59. The van der Waals surface area contributed by atoms with Crippen LogP contribution in [-0.4, -0.2) is 37.2 Å². The first-order valence-corrected chi connectivity index (χ1v) is 8.46. The Labute approximate surface area is 129 Å². The van der Waals surface area contributed by atoms with E-state index in [0.717, 1.165) is 25.1 Å². The minimum atomic E-state index is 0.265. The van der Waals surface area contributed by atoms with Crippen LogP contribution in [0.2, 0.25) is 0 Å². The Kier molecular flexibility index (Phi) is 7.04. The molecule has 0 radical (unpaired) electrons. The molecule has 1 aromatic carbocycles. The van der Waals surface area contributed by atoms with Crippen molar-refractivity contribution in [1.82, 2.24) is 4.90 Å². The summed E-state index contributed by atoms with van der Waals surface area (Å²) in [5.74, 6) is 0.976. The van der Waals surface area contributed by atoms with E-state index in [2.05, 4.69) is 30.0 Å². The fourth-order valence-electron chi connectivity index (χ4n) is 2.96. The van der Waals surface area contributed by atoms with Crippen LogP contribution in [0.5, 0.6) is 5.75 Å². The zero-order chi connectivity index (χ0) is 14.9. The van der Waals surface area contributed by atoms with Crippen molar-refractivity contribution in [2.45, 2.75) is 51.6 Å². The average molecular weight is 290 g/mol. The van der Waals surface area contributed by atoms with Crippen molar-refractivity contribution >= 4 is 0 Å². The minimum absolute atomic E-state index is 0.265. The second-order valence-corrected chi connectivity index (χ2v) is 6.16. The van der Waals surface area contributed by atoms with E-state index < -0.39 is 0 Å². The van der Waals surface area contributed by atoms with Gasteiger partial charge in [0.1, 0.15) is 5.75 Å². The zero-order valence-electron chi connectivity index (χ0n) is 13.4. The number of nitrogens with zero attached hydrogens (tertiary/aromatic N) is 1. The first kappa shape index (κ1) is 16.3. The van der Waals surface area contributed by atoms with Crippen LogP contribution in [0.15, 0.2) is 24.3 Å². The quantitative estimate of drug-likeness (QED) is 0.838. The summed E-state index contributed by atoms with van der Waals surface area (Å²) in [7, 11) is 0. The van der Waals surface area contributed by atoms with Crippen LogP contribution in [0.4, 0.5) is 0 Å². The van der Waals surface area contributed by atoms with Gasteiger partial charge >= 0.3 is 0 Å². The molecule has 0 aliphatic carbocycles. The van der Waals surface area contributed by atoms with Crippen LogP contribution in [0.1, 0.15) is 44.6 Å². The van der Waals surface area contributed by atoms with Gasteiger partial charge in [-0.3, -0.25) is 0 Å². The molecule has 3 heteroatoms. The predicted octanol–water partition coefficient (Wildman–Crippen LogP) is 3.22. The summed E-state index contributed by atoms with van der Waals surface area (Å²) in [6, 6.07) is 8.33. The van der Waals surface area contributed by atoms with E-state index in [-0.39, 0.29) is 6.10 Å². The maximum absolute atomic E-state index is 6.06. The molecule has 1 saturated heterocycles. The van der Waals surface area contributed by atoms with Gasteiger partial charge in [-0.15, -0.1) is 0 Å². The van der Waals surface area contributed by atoms with E-state index in [1.807, 2.05) is 6.07 Å². The Morgan fingerprint density at radius 2 is 1.95 bits per heavy atom. The molecule has 2 N–H and O–H groups in total. The van der Waals surface area contributed by atoms with E-state index in [9.17, 15) is 0 Å². The first-order valence-electron chi connectivity index (χ1n) is 8.46. The average Bonchev–Trinajstić information content (AvgIpc) is 2.74. The number of rotatable bonds is 7. The van der Waals surface area contributed by atoms with Gasteiger partial charge in [0.05, 0.1) is 6.10 Å². The van der Waals surface area contributed by atoms with Crippen LogP contribution >= 0.6 is 0 Å². The van der Waals surface area contributed by atoms with Crippen molar-refractivity contribution in [3.8, 4) is 5.75 Å². The normalized spacial score (nSPS) is 18.2. The maximum atomic E-state index is 6.06. The summed E-state index contributed by atoms with van der Waals surface area (Å²) >= 11 is 0. The van der Waals surface area contributed by atoms with Gasteiger partial charge in [-0.2, -0.15) is 0 Å². The van der Waals surface area contributed by atoms with E-state index in [0.29, 0.717) is 6.54 Å². The van der Waals surface area contributed by atoms with Crippen molar-refractivity contribution in [2.75, 3.05) is 26.2 Å². The fourth-order valence-corrected chi connectivity index (χ4v) is 2.96. The molecule has 3 nitrogen and oxygen atoms in total. The maximum Gasteiger partial charge on any atom is 0.119 e. The monoisotopic (exact) mass is 290 g/mol. The molecule has 0 spiro atoms. The topological polar surface area (TPSA) is 38.5 Å². The summed E-state index contributed by atoms with van der Waals surface area (Å²) < 4.78 is 6.06. The highest BCUT2D eigenvalue weighted by atomic mass is 16.5. The minimum Gasteiger partial charge on any atom is -0.491 e. The van der Waals surface area contributed by atoms with Gasteiger partial charge in [0.25, 0.3) is 0 Å². The molecule has 1 aliphatic heterocycles. The van der Waals surface area contributed by atoms with Gasteiger partial charge in [-0.25, -0.2) is 0 Å². The number of ether oxygens (including phenoxy) is 1. The highest BCUT2D eigenvalue weighted by molar-refractivity contribution is 5.28. The molecule has 1 aromatic rings. The molecule has 1 unspecified atom stereocenters. The third kappa shape index (κ3) is 6.06. The molecule has 0 aromatic heterocycles.